The zero-order valence-electron chi connectivity index (χ0n) is 17.0. The van der Waals surface area contributed by atoms with Crippen LogP contribution in [0.15, 0.2) is 57.2 Å². The maximum atomic E-state index is 12.7. The highest BCUT2D eigenvalue weighted by atomic mass is 32.2. The Balaban J connectivity index is 1.62. The van der Waals surface area contributed by atoms with E-state index in [9.17, 15) is 8.42 Å². The van der Waals surface area contributed by atoms with Gasteiger partial charge in [0, 0.05) is 56.6 Å². The minimum atomic E-state index is -3.47. The maximum absolute atomic E-state index is 12.7. The molecule has 2 aliphatic heterocycles. The summed E-state index contributed by atoms with van der Waals surface area (Å²) in [5.74, 6) is 0. The first-order chi connectivity index (χ1) is 14.0. The molecule has 2 aromatic carbocycles. The Labute approximate surface area is 177 Å². The lowest BCUT2D eigenvalue weighted by Crippen LogP contribution is -2.44. The van der Waals surface area contributed by atoms with Crippen LogP contribution in [0.2, 0.25) is 0 Å². The third kappa shape index (κ3) is 4.32. The molecule has 2 aromatic rings. The molecule has 0 aliphatic carbocycles. The molecule has 0 atom stereocenters. The van der Waals surface area contributed by atoms with Crippen LogP contribution >= 0.6 is 11.8 Å². The summed E-state index contributed by atoms with van der Waals surface area (Å²) >= 11 is 1.71. The molecule has 156 valence electrons. The van der Waals surface area contributed by atoms with Crippen molar-refractivity contribution in [3.8, 4) is 0 Å². The fourth-order valence-corrected chi connectivity index (χ4v) is 5.81. The van der Waals surface area contributed by atoms with Gasteiger partial charge in [-0.1, -0.05) is 23.9 Å². The number of nitrogens with one attached hydrogen (secondary N) is 1. The summed E-state index contributed by atoms with van der Waals surface area (Å²) in [4.78, 5) is 7.44. The monoisotopic (exact) mass is 432 g/mol. The summed E-state index contributed by atoms with van der Waals surface area (Å²) in [6.07, 6.45) is 1.03. The largest absolute Gasteiger partial charge is 0.340 e. The van der Waals surface area contributed by atoms with Crippen LogP contribution in [-0.4, -0.2) is 71.0 Å². The third-order valence-electron chi connectivity index (χ3n) is 5.44. The van der Waals surface area contributed by atoms with E-state index in [1.165, 1.54) is 9.20 Å². The second-order valence-electron chi connectivity index (χ2n) is 7.58. The van der Waals surface area contributed by atoms with E-state index in [1.54, 1.807) is 31.9 Å². The lowest BCUT2D eigenvalue weighted by Gasteiger charge is -2.34. The van der Waals surface area contributed by atoms with Gasteiger partial charge in [-0.2, -0.15) is 0 Å². The molecule has 0 spiro atoms. The molecule has 2 heterocycles. The number of anilines is 2. The Morgan fingerprint density at radius 2 is 1.72 bits per heavy atom. The summed E-state index contributed by atoms with van der Waals surface area (Å²) in [7, 11) is -0.320. The number of benzene rings is 2. The van der Waals surface area contributed by atoms with Gasteiger partial charge >= 0.3 is 0 Å². The van der Waals surface area contributed by atoms with Crippen LogP contribution in [0.4, 0.5) is 11.4 Å². The lowest BCUT2D eigenvalue weighted by atomic mass is 10.2. The minimum Gasteiger partial charge on any atom is -0.340 e. The summed E-state index contributed by atoms with van der Waals surface area (Å²) in [5, 5.41) is 3.39. The first-order valence-corrected chi connectivity index (χ1v) is 12.3. The number of sulfonamides is 1. The van der Waals surface area contributed by atoms with Gasteiger partial charge in [-0.15, -0.1) is 0 Å². The van der Waals surface area contributed by atoms with Crippen molar-refractivity contribution in [2.45, 2.75) is 21.1 Å². The molecule has 0 aromatic heterocycles. The van der Waals surface area contributed by atoms with E-state index in [0.717, 1.165) is 62.0 Å². The molecule has 0 radical (unpaired) electrons. The Morgan fingerprint density at radius 1 is 1.00 bits per heavy atom. The second kappa shape index (κ2) is 8.65. The van der Waals surface area contributed by atoms with Crippen LogP contribution in [0.3, 0.4) is 0 Å². The van der Waals surface area contributed by atoms with E-state index < -0.39 is 10.0 Å². The number of nitrogens with zero attached hydrogens (tertiary/aromatic N) is 3. The van der Waals surface area contributed by atoms with Crippen molar-refractivity contribution >= 4 is 33.2 Å². The number of fused-ring (bicyclic) bond motifs is 2. The molecular formula is C21H28N4O2S2. The van der Waals surface area contributed by atoms with E-state index in [0.29, 0.717) is 4.90 Å². The van der Waals surface area contributed by atoms with E-state index >= 15 is 0 Å². The molecular weight excluding hydrogens is 404 g/mol. The SMILES string of the molecule is CN(C)S(=O)(=O)c1ccc2c(c1)N(CCCN1CCNCC1)c1ccccc1S2. The van der Waals surface area contributed by atoms with Crippen molar-refractivity contribution in [1.29, 1.82) is 0 Å². The molecule has 4 rings (SSSR count). The Hall–Kier alpha value is -1.58. The standard InChI is InChI=1S/C21H28N4O2S2/c1-23(2)29(26,27)17-8-9-21-19(16-17)25(18-6-3-4-7-20(18)28-21)13-5-12-24-14-10-22-11-15-24/h3-4,6-9,16,22H,5,10-15H2,1-2H3. The predicted molar refractivity (Wildman–Crippen MR) is 119 cm³/mol. The van der Waals surface area contributed by atoms with Crippen LogP contribution in [0.1, 0.15) is 6.42 Å². The fourth-order valence-electron chi connectivity index (χ4n) is 3.81. The summed E-state index contributed by atoms with van der Waals surface area (Å²) in [6, 6.07) is 13.9. The van der Waals surface area contributed by atoms with Crippen LogP contribution < -0.4 is 10.2 Å². The molecule has 1 N–H and O–H groups in total. The van der Waals surface area contributed by atoms with Gasteiger partial charge in [-0.25, -0.2) is 12.7 Å². The minimum absolute atomic E-state index is 0.341. The van der Waals surface area contributed by atoms with Crippen LogP contribution in [0, 0.1) is 0 Å². The summed E-state index contributed by atoms with van der Waals surface area (Å²) < 4.78 is 26.6. The Morgan fingerprint density at radius 3 is 2.48 bits per heavy atom. The molecule has 1 saturated heterocycles. The molecule has 1 fully saturated rings. The van der Waals surface area contributed by atoms with Crippen molar-refractivity contribution in [1.82, 2.24) is 14.5 Å². The Bertz CT molecular complexity index is 972. The van der Waals surface area contributed by atoms with Crippen LogP contribution in [0.25, 0.3) is 0 Å². The van der Waals surface area contributed by atoms with Gasteiger partial charge in [-0.05, 0) is 43.3 Å². The first-order valence-electron chi connectivity index (χ1n) is 10.0. The highest BCUT2D eigenvalue weighted by Crippen LogP contribution is 2.48. The molecule has 29 heavy (non-hydrogen) atoms. The second-order valence-corrected chi connectivity index (χ2v) is 10.8. The quantitative estimate of drug-likeness (QED) is 0.758. The van der Waals surface area contributed by atoms with Crippen molar-refractivity contribution in [3.05, 3.63) is 42.5 Å². The van der Waals surface area contributed by atoms with Gasteiger partial charge in [0.15, 0.2) is 0 Å². The molecule has 6 nitrogen and oxygen atoms in total. The zero-order chi connectivity index (χ0) is 20.4. The van der Waals surface area contributed by atoms with Crippen molar-refractivity contribution < 1.29 is 8.42 Å². The van der Waals surface area contributed by atoms with Gasteiger partial charge in [0.1, 0.15) is 0 Å². The highest BCUT2D eigenvalue weighted by Gasteiger charge is 2.26. The van der Waals surface area contributed by atoms with Crippen LogP contribution in [0.5, 0.6) is 0 Å². The Kier molecular flexibility index (Phi) is 6.17. The summed E-state index contributed by atoms with van der Waals surface area (Å²) in [6.45, 7) is 6.20. The molecule has 0 amide bonds. The van der Waals surface area contributed by atoms with Gasteiger partial charge in [0.25, 0.3) is 0 Å². The van der Waals surface area contributed by atoms with Gasteiger partial charge in [-0.3, -0.25) is 0 Å². The van der Waals surface area contributed by atoms with Gasteiger partial charge in [0.05, 0.1) is 16.3 Å². The average molecular weight is 433 g/mol. The van der Waals surface area contributed by atoms with Gasteiger partial charge in [0.2, 0.25) is 10.0 Å². The number of rotatable bonds is 6. The normalized spacial score (nSPS) is 17.3. The zero-order valence-corrected chi connectivity index (χ0v) is 18.6. The highest BCUT2D eigenvalue weighted by molar-refractivity contribution is 7.99. The van der Waals surface area contributed by atoms with Crippen molar-refractivity contribution in [3.63, 3.8) is 0 Å². The smallest absolute Gasteiger partial charge is 0.242 e. The number of piperazine rings is 1. The molecule has 2 aliphatic rings. The fraction of sp³-hybridized carbons (Fsp3) is 0.429. The van der Waals surface area contributed by atoms with Crippen molar-refractivity contribution in [2.75, 3.05) is 58.3 Å². The number of hydrogen-bond acceptors (Lipinski definition) is 6. The number of para-hydroxylation sites is 1. The molecule has 8 heteroatoms. The predicted octanol–water partition coefficient (Wildman–Crippen LogP) is 2.83. The topological polar surface area (TPSA) is 55.9 Å². The van der Waals surface area contributed by atoms with E-state index in [4.69, 9.17) is 0 Å². The maximum Gasteiger partial charge on any atom is 0.242 e. The van der Waals surface area contributed by atoms with Crippen molar-refractivity contribution in [2.24, 2.45) is 0 Å². The van der Waals surface area contributed by atoms with E-state index in [-0.39, 0.29) is 0 Å². The molecule has 0 bridgehead atoms. The van der Waals surface area contributed by atoms with Gasteiger partial charge < -0.3 is 15.1 Å². The number of hydrogen-bond donors (Lipinski definition) is 1. The van der Waals surface area contributed by atoms with E-state index in [1.807, 2.05) is 18.2 Å². The average Bonchev–Trinajstić information content (AvgIpc) is 2.73. The lowest BCUT2D eigenvalue weighted by molar-refractivity contribution is 0.239. The van der Waals surface area contributed by atoms with Crippen LogP contribution in [-0.2, 0) is 10.0 Å². The summed E-state index contributed by atoms with van der Waals surface area (Å²) in [5.41, 5.74) is 2.14. The molecule has 0 saturated carbocycles. The molecule has 0 unspecified atom stereocenters. The van der Waals surface area contributed by atoms with E-state index in [2.05, 4.69) is 33.3 Å². The third-order valence-corrected chi connectivity index (χ3v) is 8.38. The first kappa shape index (κ1) is 20.7.